The number of aromatic carboxylic acids is 1. The molecule has 8 heteroatoms. The monoisotopic (exact) mass is 471 g/mol. The Kier molecular flexibility index (Phi) is 6.13. The van der Waals surface area contributed by atoms with E-state index in [1.165, 1.54) is 11.3 Å². The van der Waals surface area contributed by atoms with Crippen molar-refractivity contribution in [1.82, 2.24) is 0 Å². The zero-order valence-corrected chi connectivity index (χ0v) is 19.3. The van der Waals surface area contributed by atoms with Gasteiger partial charge in [0.25, 0.3) is 0 Å². The predicted molar refractivity (Wildman–Crippen MR) is 126 cm³/mol. The largest absolute Gasteiger partial charge is 0.493 e. The normalized spacial score (nSPS) is 15.3. The van der Waals surface area contributed by atoms with Crippen LogP contribution >= 0.6 is 22.9 Å². The number of carboxylic acid groups (broad SMARTS) is 1. The van der Waals surface area contributed by atoms with Crippen LogP contribution in [0.5, 0.6) is 11.5 Å². The second-order valence-electron chi connectivity index (χ2n) is 7.74. The molecular weight excluding hydrogens is 450 g/mol. The summed E-state index contributed by atoms with van der Waals surface area (Å²) < 4.78 is 11.3. The average Bonchev–Trinajstić information content (AvgIpc) is 3.13. The van der Waals surface area contributed by atoms with Crippen molar-refractivity contribution in [2.24, 2.45) is 0 Å². The number of carbonyl (C=O) groups is 2. The van der Waals surface area contributed by atoms with Crippen molar-refractivity contribution in [2.45, 2.75) is 32.3 Å². The number of fused-ring (bicyclic) bond motifs is 1. The van der Waals surface area contributed by atoms with Crippen LogP contribution in [-0.2, 0) is 4.79 Å². The first-order valence-electron chi connectivity index (χ1n) is 10.1. The average molecular weight is 472 g/mol. The molecule has 1 aliphatic rings. The molecule has 2 heterocycles. The van der Waals surface area contributed by atoms with E-state index >= 15 is 0 Å². The highest BCUT2D eigenvalue weighted by atomic mass is 35.5. The van der Waals surface area contributed by atoms with Crippen LogP contribution in [0.25, 0.3) is 11.1 Å². The summed E-state index contributed by atoms with van der Waals surface area (Å²) in [6, 6.07) is 12.5. The van der Waals surface area contributed by atoms with Gasteiger partial charge in [-0.05, 0) is 49.2 Å². The van der Waals surface area contributed by atoms with E-state index in [4.69, 9.17) is 21.1 Å². The van der Waals surface area contributed by atoms with E-state index in [0.29, 0.717) is 33.3 Å². The summed E-state index contributed by atoms with van der Waals surface area (Å²) in [7, 11) is 1.57. The quantitative estimate of drug-likeness (QED) is 0.458. The Balaban J connectivity index is 1.87. The van der Waals surface area contributed by atoms with Crippen LogP contribution in [0.15, 0.2) is 42.5 Å². The molecule has 0 bridgehead atoms. The number of anilines is 1. The lowest BCUT2D eigenvalue weighted by atomic mass is 9.88. The topological polar surface area (TPSA) is 84.9 Å². The van der Waals surface area contributed by atoms with Crippen molar-refractivity contribution in [3.63, 3.8) is 0 Å². The summed E-state index contributed by atoms with van der Waals surface area (Å²) in [5.74, 6) is -0.332. The minimum absolute atomic E-state index is 0.0544. The van der Waals surface area contributed by atoms with Gasteiger partial charge in [0.1, 0.15) is 4.88 Å². The highest BCUT2D eigenvalue weighted by molar-refractivity contribution is 7.15. The summed E-state index contributed by atoms with van der Waals surface area (Å²) in [5, 5.41) is 13.4. The molecule has 3 aromatic rings. The minimum atomic E-state index is -1.04. The number of carboxylic acids is 1. The molecule has 2 aromatic carbocycles. The van der Waals surface area contributed by atoms with E-state index in [1.54, 1.807) is 31.4 Å². The molecule has 1 aromatic heterocycles. The molecule has 0 saturated heterocycles. The second-order valence-corrected chi connectivity index (χ2v) is 9.23. The van der Waals surface area contributed by atoms with Crippen LogP contribution < -0.4 is 14.8 Å². The Morgan fingerprint density at radius 2 is 1.91 bits per heavy atom. The molecule has 1 atom stereocenters. The molecule has 0 saturated carbocycles. The van der Waals surface area contributed by atoms with Gasteiger partial charge in [-0.15, -0.1) is 11.3 Å². The second kappa shape index (κ2) is 8.84. The van der Waals surface area contributed by atoms with Crippen LogP contribution in [0.2, 0.25) is 5.02 Å². The number of hydrogen-bond acceptors (Lipinski definition) is 5. The van der Waals surface area contributed by atoms with Crippen LogP contribution in [0.4, 0.5) is 5.69 Å². The maximum atomic E-state index is 12.7. The van der Waals surface area contributed by atoms with Gasteiger partial charge in [0, 0.05) is 27.8 Å². The molecule has 32 heavy (non-hydrogen) atoms. The van der Waals surface area contributed by atoms with E-state index < -0.39 is 5.97 Å². The van der Waals surface area contributed by atoms with Gasteiger partial charge in [-0.2, -0.15) is 0 Å². The van der Waals surface area contributed by atoms with E-state index in [2.05, 4.69) is 5.32 Å². The van der Waals surface area contributed by atoms with Gasteiger partial charge in [0.15, 0.2) is 11.5 Å². The molecule has 166 valence electrons. The molecule has 0 unspecified atom stereocenters. The van der Waals surface area contributed by atoms with Gasteiger partial charge in [-0.3, -0.25) is 4.79 Å². The number of thiophene rings is 1. The number of ether oxygens (including phenoxy) is 2. The Labute approximate surface area is 194 Å². The highest BCUT2D eigenvalue weighted by Gasteiger charge is 2.34. The maximum Gasteiger partial charge on any atom is 0.346 e. The van der Waals surface area contributed by atoms with Crippen molar-refractivity contribution in [3.05, 3.63) is 62.8 Å². The van der Waals surface area contributed by atoms with Crippen LogP contribution in [0, 0.1) is 0 Å². The number of rotatable bonds is 6. The van der Waals surface area contributed by atoms with Crippen molar-refractivity contribution >= 4 is 40.5 Å². The molecule has 0 fully saturated rings. The van der Waals surface area contributed by atoms with Crippen molar-refractivity contribution in [2.75, 3.05) is 12.4 Å². The lowest BCUT2D eigenvalue weighted by Crippen LogP contribution is -2.22. The van der Waals surface area contributed by atoms with Gasteiger partial charge >= 0.3 is 5.97 Å². The van der Waals surface area contributed by atoms with Gasteiger partial charge in [0.05, 0.1) is 18.9 Å². The summed E-state index contributed by atoms with van der Waals surface area (Å²) in [6.45, 7) is 3.85. The number of halogens is 1. The van der Waals surface area contributed by atoms with Gasteiger partial charge < -0.3 is 19.9 Å². The first kappa shape index (κ1) is 22.2. The zero-order valence-electron chi connectivity index (χ0n) is 17.8. The SMILES string of the molecule is COc1ccc([C@H]2CC(=O)Nc3c2sc(C(=O)O)c3-c2ccc(Cl)cc2)cc1OC(C)C. The molecule has 0 radical (unpaired) electrons. The van der Waals surface area contributed by atoms with Crippen molar-refractivity contribution in [3.8, 4) is 22.6 Å². The van der Waals surface area contributed by atoms with E-state index in [-0.39, 0.29) is 29.2 Å². The Bertz CT molecular complexity index is 1190. The van der Waals surface area contributed by atoms with Crippen molar-refractivity contribution < 1.29 is 24.2 Å². The smallest absolute Gasteiger partial charge is 0.346 e. The Morgan fingerprint density at radius 3 is 2.53 bits per heavy atom. The van der Waals surface area contributed by atoms with Crippen LogP contribution in [-0.4, -0.2) is 30.2 Å². The number of hydrogen-bond donors (Lipinski definition) is 2. The summed E-state index contributed by atoms with van der Waals surface area (Å²) in [4.78, 5) is 25.8. The number of methoxy groups -OCH3 is 1. The van der Waals surface area contributed by atoms with E-state index in [1.807, 2.05) is 32.0 Å². The van der Waals surface area contributed by atoms with Gasteiger partial charge in [-0.1, -0.05) is 29.8 Å². The summed E-state index contributed by atoms with van der Waals surface area (Å²) >= 11 is 7.20. The van der Waals surface area contributed by atoms with Crippen LogP contribution in [0.3, 0.4) is 0 Å². The third-order valence-corrected chi connectivity index (χ3v) is 6.73. The zero-order chi connectivity index (χ0) is 23.0. The molecule has 6 nitrogen and oxygen atoms in total. The predicted octanol–water partition coefficient (Wildman–Crippen LogP) is 6.04. The third-order valence-electron chi connectivity index (χ3n) is 5.19. The Morgan fingerprint density at radius 1 is 1.19 bits per heavy atom. The maximum absolute atomic E-state index is 12.7. The first-order chi connectivity index (χ1) is 15.3. The first-order valence-corrected chi connectivity index (χ1v) is 11.3. The molecule has 0 aliphatic carbocycles. The molecule has 0 spiro atoms. The number of amides is 1. The standard InChI is InChI=1S/C24H22ClNO5S/c1-12(2)31-18-10-14(6-9-17(18)30-3)16-11-19(27)26-21-20(13-4-7-15(25)8-5-13)23(24(28)29)32-22(16)21/h4-10,12,16H,11H2,1-3H3,(H,26,27)(H,28,29)/t16-/m1/s1. The van der Waals surface area contributed by atoms with E-state index in [0.717, 1.165) is 10.4 Å². The molecular formula is C24H22ClNO5S. The molecule has 4 rings (SSSR count). The molecule has 2 N–H and O–H groups in total. The van der Waals surface area contributed by atoms with Gasteiger partial charge in [-0.25, -0.2) is 4.79 Å². The fourth-order valence-electron chi connectivity index (χ4n) is 3.85. The number of benzene rings is 2. The Hall–Kier alpha value is -3.03. The third kappa shape index (κ3) is 4.18. The lowest BCUT2D eigenvalue weighted by molar-refractivity contribution is -0.116. The minimum Gasteiger partial charge on any atom is -0.493 e. The summed E-state index contributed by atoms with van der Waals surface area (Å²) in [5.41, 5.74) is 2.58. The molecule has 1 aliphatic heterocycles. The lowest BCUT2D eigenvalue weighted by Gasteiger charge is -2.25. The van der Waals surface area contributed by atoms with Gasteiger partial charge in [0.2, 0.25) is 5.91 Å². The van der Waals surface area contributed by atoms with Crippen molar-refractivity contribution in [1.29, 1.82) is 0 Å². The highest BCUT2D eigenvalue weighted by Crippen LogP contribution is 2.50. The number of nitrogens with one attached hydrogen (secondary N) is 1. The fourth-order valence-corrected chi connectivity index (χ4v) is 5.23. The van der Waals surface area contributed by atoms with Crippen LogP contribution in [0.1, 0.15) is 46.3 Å². The summed E-state index contributed by atoms with van der Waals surface area (Å²) in [6.07, 6.45) is 0.154. The van der Waals surface area contributed by atoms with E-state index in [9.17, 15) is 14.7 Å². The number of carbonyl (C=O) groups excluding carboxylic acids is 1. The fraction of sp³-hybridized carbons (Fsp3) is 0.250. The molecule has 1 amide bonds.